The van der Waals surface area contributed by atoms with E-state index < -0.39 is 0 Å². The second kappa shape index (κ2) is 4.87. The van der Waals surface area contributed by atoms with E-state index in [1.165, 1.54) is 0 Å². The average molecular weight is 275 g/mol. The highest BCUT2D eigenvalue weighted by Crippen LogP contribution is 2.23. The molecule has 0 fully saturated rings. The Morgan fingerprint density at radius 3 is 2.79 bits per heavy atom. The fraction of sp³-hybridized carbons (Fsp3) is 0.0769. The van der Waals surface area contributed by atoms with Gasteiger partial charge in [-0.1, -0.05) is 11.6 Å². The molecule has 1 aromatic carbocycles. The first-order valence-corrected chi connectivity index (χ1v) is 6.05. The van der Waals surface area contributed by atoms with Gasteiger partial charge in [0.15, 0.2) is 11.0 Å². The first kappa shape index (κ1) is 12.0. The Morgan fingerprint density at radius 2 is 2.05 bits per heavy atom. The highest BCUT2D eigenvalue weighted by Gasteiger charge is 2.05. The summed E-state index contributed by atoms with van der Waals surface area (Å²) in [6.45, 7) is 0. The summed E-state index contributed by atoms with van der Waals surface area (Å²) in [6.07, 6.45) is 1.94. The monoisotopic (exact) mass is 274 g/mol. The van der Waals surface area contributed by atoms with Gasteiger partial charge in [-0.25, -0.2) is 0 Å². The lowest BCUT2D eigenvalue weighted by atomic mass is 10.2. The zero-order valence-corrected chi connectivity index (χ0v) is 10.9. The van der Waals surface area contributed by atoms with E-state index in [1.807, 2.05) is 41.1 Å². The van der Waals surface area contributed by atoms with Crippen molar-refractivity contribution in [2.24, 2.45) is 0 Å². The summed E-state index contributed by atoms with van der Waals surface area (Å²) in [7, 11) is 1.58. The number of fused-ring (bicyclic) bond motifs is 1. The molecule has 0 saturated heterocycles. The lowest BCUT2D eigenvalue weighted by Gasteiger charge is -2.05. The van der Waals surface area contributed by atoms with E-state index in [2.05, 4.69) is 15.7 Å². The van der Waals surface area contributed by atoms with Crippen molar-refractivity contribution in [2.75, 3.05) is 12.6 Å². The van der Waals surface area contributed by atoms with Crippen LogP contribution in [0.15, 0.2) is 42.6 Å². The Hall–Kier alpha value is -2.11. The highest BCUT2D eigenvalue weighted by molar-refractivity contribution is 6.29. The molecular weight excluding hydrogens is 264 g/mol. The SMILES string of the molecule is CONc1ccc2c(ccn2-c2ccc(Cl)nn2)c1. The van der Waals surface area contributed by atoms with Crippen LogP contribution >= 0.6 is 11.6 Å². The van der Waals surface area contributed by atoms with E-state index in [9.17, 15) is 0 Å². The number of benzene rings is 1. The van der Waals surface area contributed by atoms with E-state index in [4.69, 9.17) is 16.4 Å². The van der Waals surface area contributed by atoms with Crippen molar-refractivity contribution >= 4 is 28.2 Å². The van der Waals surface area contributed by atoms with Crippen molar-refractivity contribution < 1.29 is 4.84 Å². The maximum Gasteiger partial charge on any atom is 0.159 e. The molecular formula is C13H11ClN4O. The molecule has 0 bridgehead atoms. The Morgan fingerprint density at radius 1 is 1.16 bits per heavy atom. The standard InChI is InChI=1S/C13H11ClN4O/c1-19-17-10-2-3-11-9(8-10)6-7-18(11)13-5-4-12(14)15-16-13/h2-8,17H,1H3. The Kier molecular flexibility index (Phi) is 3.06. The predicted molar refractivity (Wildman–Crippen MR) is 74.5 cm³/mol. The van der Waals surface area contributed by atoms with Crippen molar-refractivity contribution in [1.29, 1.82) is 0 Å². The smallest absolute Gasteiger partial charge is 0.159 e. The van der Waals surface area contributed by atoms with E-state index >= 15 is 0 Å². The molecule has 1 N–H and O–H groups in total. The number of rotatable bonds is 3. The number of nitrogens with one attached hydrogen (secondary N) is 1. The van der Waals surface area contributed by atoms with Crippen LogP contribution in [0.5, 0.6) is 0 Å². The van der Waals surface area contributed by atoms with Crippen LogP contribution in [0, 0.1) is 0 Å². The number of aromatic nitrogens is 3. The summed E-state index contributed by atoms with van der Waals surface area (Å²) in [4.78, 5) is 4.89. The molecule has 0 amide bonds. The summed E-state index contributed by atoms with van der Waals surface area (Å²) in [5.41, 5.74) is 4.74. The lowest BCUT2D eigenvalue weighted by Crippen LogP contribution is -1.98. The molecule has 5 nitrogen and oxygen atoms in total. The third kappa shape index (κ3) is 2.25. The molecule has 6 heteroatoms. The summed E-state index contributed by atoms with van der Waals surface area (Å²) in [5.74, 6) is 0.729. The normalized spacial score (nSPS) is 10.8. The first-order valence-electron chi connectivity index (χ1n) is 5.67. The summed E-state index contributed by atoms with van der Waals surface area (Å²) in [6, 6.07) is 11.5. The fourth-order valence-electron chi connectivity index (χ4n) is 1.96. The Balaban J connectivity index is 2.07. The lowest BCUT2D eigenvalue weighted by molar-refractivity contribution is 0.271. The highest BCUT2D eigenvalue weighted by atomic mass is 35.5. The molecule has 3 rings (SSSR count). The van der Waals surface area contributed by atoms with Crippen molar-refractivity contribution in [3.63, 3.8) is 0 Å². The van der Waals surface area contributed by atoms with Crippen molar-refractivity contribution in [3.8, 4) is 5.82 Å². The van der Waals surface area contributed by atoms with Gasteiger partial charge in [0.05, 0.1) is 18.3 Å². The van der Waals surface area contributed by atoms with E-state index in [0.717, 1.165) is 22.4 Å². The largest absolute Gasteiger partial charge is 0.300 e. The van der Waals surface area contributed by atoms with Crippen LogP contribution in [0.1, 0.15) is 0 Å². The molecule has 19 heavy (non-hydrogen) atoms. The molecule has 0 radical (unpaired) electrons. The topological polar surface area (TPSA) is 52.0 Å². The van der Waals surface area contributed by atoms with E-state index in [1.54, 1.807) is 13.2 Å². The van der Waals surface area contributed by atoms with Crippen molar-refractivity contribution in [2.45, 2.75) is 0 Å². The van der Waals surface area contributed by atoms with Gasteiger partial charge in [0.2, 0.25) is 0 Å². The predicted octanol–water partition coefficient (Wildman–Crippen LogP) is 3.05. The number of hydrogen-bond acceptors (Lipinski definition) is 4. The maximum absolute atomic E-state index is 5.74. The van der Waals surface area contributed by atoms with E-state index in [0.29, 0.717) is 5.15 Å². The van der Waals surface area contributed by atoms with Crippen LogP contribution in [-0.4, -0.2) is 21.9 Å². The third-order valence-electron chi connectivity index (χ3n) is 2.77. The van der Waals surface area contributed by atoms with Gasteiger partial charge in [-0.2, -0.15) is 0 Å². The van der Waals surface area contributed by atoms with Gasteiger partial charge >= 0.3 is 0 Å². The molecule has 2 aromatic heterocycles. The minimum Gasteiger partial charge on any atom is -0.300 e. The second-order valence-corrected chi connectivity index (χ2v) is 4.37. The molecule has 3 aromatic rings. The molecule has 0 aliphatic heterocycles. The van der Waals surface area contributed by atoms with Crippen LogP contribution in [0.4, 0.5) is 5.69 Å². The molecule has 0 aliphatic carbocycles. The zero-order chi connectivity index (χ0) is 13.2. The van der Waals surface area contributed by atoms with Gasteiger partial charge in [0, 0.05) is 11.6 Å². The molecule has 96 valence electrons. The molecule has 0 spiro atoms. The van der Waals surface area contributed by atoms with Crippen LogP contribution < -0.4 is 5.48 Å². The quantitative estimate of drug-likeness (QED) is 0.746. The number of nitrogens with zero attached hydrogens (tertiary/aromatic N) is 3. The van der Waals surface area contributed by atoms with Crippen molar-refractivity contribution in [3.05, 3.63) is 47.7 Å². The number of hydrogen-bond donors (Lipinski definition) is 1. The van der Waals surface area contributed by atoms with Gasteiger partial charge < -0.3 is 0 Å². The van der Waals surface area contributed by atoms with Gasteiger partial charge in [-0.15, -0.1) is 10.2 Å². The van der Waals surface area contributed by atoms with Gasteiger partial charge in [-0.05, 0) is 36.4 Å². The summed E-state index contributed by atoms with van der Waals surface area (Å²) < 4.78 is 1.95. The van der Waals surface area contributed by atoms with Crippen LogP contribution in [0.3, 0.4) is 0 Å². The third-order valence-corrected chi connectivity index (χ3v) is 2.98. The summed E-state index contributed by atoms with van der Waals surface area (Å²) >= 11 is 5.74. The minimum absolute atomic E-state index is 0.381. The molecule has 0 unspecified atom stereocenters. The minimum atomic E-state index is 0.381. The fourth-order valence-corrected chi connectivity index (χ4v) is 2.06. The second-order valence-electron chi connectivity index (χ2n) is 3.98. The van der Waals surface area contributed by atoms with Gasteiger partial charge in [0.1, 0.15) is 0 Å². The summed E-state index contributed by atoms with van der Waals surface area (Å²) in [5, 5.41) is 9.38. The van der Waals surface area contributed by atoms with Gasteiger partial charge in [-0.3, -0.25) is 14.9 Å². The number of anilines is 1. The Labute approximate surface area is 114 Å². The van der Waals surface area contributed by atoms with Crippen LogP contribution in [-0.2, 0) is 4.84 Å². The molecule has 0 atom stereocenters. The molecule has 0 aliphatic rings. The zero-order valence-electron chi connectivity index (χ0n) is 10.2. The maximum atomic E-state index is 5.74. The van der Waals surface area contributed by atoms with Crippen molar-refractivity contribution in [1.82, 2.24) is 14.8 Å². The van der Waals surface area contributed by atoms with E-state index in [-0.39, 0.29) is 0 Å². The Bertz CT molecular complexity index is 708. The molecule has 0 saturated carbocycles. The van der Waals surface area contributed by atoms with Gasteiger partial charge in [0.25, 0.3) is 0 Å². The van der Waals surface area contributed by atoms with Crippen LogP contribution in [0.25, 0.3) is 16.7 Å². The first-order chi connectivity index (χ1) is 9.28. The van der Waals surface area contributed by atoms with Crippen LogP contribution in [0.2, 0.25) is 5.15 Å². The number of halogens is 1. The molecule has 2 heterocycles. The average Bonchev–Trinajstić information content (AvgIpc) is 2.83.